The van der Waals surface area contributed by atoms with Crippen LogP contribution < -0.4 is 0 Å². The summed E-state index contributed by atoms with van der Waals surface area (Å²) < 4.78 is 0. The molecule has 8 aromatic carbocycles. The Kier molecular flexibility index (Phi) is 14.8. The van der Waals surface area contributed by atoms with E-state index in [0.717, 1.165) is 131 Å². The Balaban J connectivity index is 0.978. The number of rotatable bonds is 16. The van der Waals surface area contributed by atoms with Gasteiger partial charge in [0.1, 0.15) is 0 Å². The van der Waals surface area contributed by atoms with E-state index in [0.29, 0.717) is 17.5 Å². The highest BCUT2D eigenvalue weighted by atomic mass is 15.0. The summed E-state index contributed by atoms with van der Waals surface area (Å²) in [6, 6.07) is 64.3. The van der Waals surface area contributed by atoms with Crippen molar-refractivity contribution in [2.75, 3.05) is 0 Å². The van der Waals surface area contributed by atoms with Crippen molar-refractivity contribution in [2.45, 2.75) is 33.1 Å². The molecule has 0 N–H and O–H groups in total. The maximum absolute atomic E-state index is 5.15. The fraction of sp³-hybridized carbons (Fsp3) is 0.0704. The summed E-state index contributed by atoms with van der Waals surface area (Å²) in [5, 5.41) is 0. The number of hydrogen-bond acceptors (Lipinski definition) is 4. The molecule has 1 aliphatic rings. The van der Waals surface area contributed by atoms with E-state index in [2.05, 4.69) is 179 Å². The lowest BCUT2D eigenvalue weighted by Crippen LogP contribution is -2.00. The third kappa shape index (κ3) is 10.7. The van der Waals surface area contributed by atoms with Gasteiger partial charge in [-0.3, -0.25) is 4.99 Å². The lowest BCUT2D eigenvalue weighted by Gasteiger charge is -2.16. The minimum atomic E-state index is 0.603. The maximum atomic E-state index is 5.15. The minimum Gasteiger partial charge on any atom is -0.253 e. The molecule has 0 saturated heterocycles. The molecule has 362 valence electrons. The number of allylic oxidation sites excluding steroid dienone is 5. The zero-order valence-electron chi connectivity index (χ0n) is 42.7. The second-order valence-electron chi connectivity index (χ2n) is 18.6. The van der Waals surface area contributed by atoms with Crippen molar-refractivity contribution in [3.63, 3.8) is 0 Å². The summed E-state index contributed by atoms with van der Waals surface area (Å²) >= 11 is 0. The molecule has 1 aliphatic heterocycles. The number of benzene rings is 8. The van der Waals surface area contributed by atoms with Crippen LogP contribution in [0.3, 0.4) is 0 Å². The van der Waals surface area contributed by atoms with Gasteiger partial charge < -0.3 is 0 Å². The lowest BCUT2D eigenvalue weighted by molar-refractivity contribution is 1.01. The van der Waals surface area contributed by atoms with Gasteiger partial charge in [-0.1, -0.05) is 226 Å². The monoisotopic (exact) mass is 966 g/mol. The molecule has 0 bridgehead atoms. The fourth-order valence-corrected chi connectivity index (χ4v) is 9.85. The van der Waals surface area contributed by atoms with Gasteiger partial charge in [0.15, 0.2) is 17.5 Å². The molecule has 0 amide bonds. The van der Waals surface area contributed by atoms with Gasteiger partial charge in [-0.2, -0.15) is 0 Å². The minimum absolute atomic E-state index is 0.603. The van der Waals surface area contributed by atoms with Crippen molar-refractivity contribution in [2.24, 2.45) is 4.99 Å². The molecule has 1 aromatic heterocycles. The van der Waals surface area contributed by atoms with E-state index < -0.39 is 0 Å². The second kappa shape index (κ2) is 22.6. The topological polar surface area (TPSA) is 51.0 Å². The van der Waals surface area contributed by atoms with Crippen LogP contribution in [-0.4, -0.2) is 20.7 Å². The molecular weight excluding hydrogens is 909 g/mol. The summed E-state index contributed by atoms with van der Waals surface area (Å²) in [6.07, 6.45) is 19.1. The van der Waals surface area contributed by atoms with Gasteiger partial charge in [-0.25, -0.2) is 15.0 Å². The molecule has 0 aliphatic carbocycles. The number of aliphatic imine (C=N–C) groups is 1. The van der Waals surface area contributed by atoms with E-state index in [1.165, 1.54) is 5.57 Å². The van der Waals surface area contributed by atoms with E-state index in [1.807, 2.05) is 91.9 Å². The van der Waals surface area contributed by atoms with E-state index in [1.54, 1.807) is 0 Å². The highest BCUT2D eigenvalue weighted by Gasteiger charge is 2.17. The number of nitrogens with zero attached hydrogens (tertiary/aromatic N) is 4. The first-order chi connectivity index (χ1) is 36.8. The van der Waals surface area contributed by atoms with E-state index >= 15 is 0 Å². The third-order valence-electron chi connectivity index (χ3n) is 13.9. The quantitative estimate of drug-likeness (QED) is 0.0907. The van der Waals surface area contributed by atoms with Crippen molar-refractivity contribution in [3.05, 3.63) is 266 Å². The SMILES string of the molecule is C=CCCC1=CCC=C(c2ccc(-c3cc(-c4ccc(-c5ccc(-c6ccc(-c7cc(C=C)c(C=C)c(C=C)c7/C=C\C)cc6)cc5)cc4)cc(-c4nc(-c5ccccc5)nc(-c5ccccc5)n4)c3)cc2)N=C1C. The van der Waals surface area contributed by atoms with Crippen molar-refractivity contribution < 1.29 is 0 Å². The molecule has 4 heteroatoms. The van der Waals surface area contributed by atoms with Crippen LogP contribution in [0.15, 0.2) is 243 Å². The van der Waals surface area contributed by atoms with Crippen LogP contribution in [0.25, 0.3) is 120 Å². The molecule has 10 rings (SSSR count). The third-order valence-corrected chi connectivity index (χ3v) is 13.9. The second-order valence-corrected chi connectivity index (χ2v) is 18.6. The highest BCUT2D eigenvalue weighted by molar-refractivity contribution is 6.02. The predicted molar refractivity (Wildman–Crippen MR) is 322 cm³/mol. The first-order valence-electron chi connectivity index (χ1n) is 25.6. The molecule has 0 saturated carbocycles. The van der Waals surface area contributed by atoms with Gasteiger partial charge in [-0.05, 0) is 146 Å². The van der Waals surface area contributed by atoms with Gasteiger partial charge in [0.25, 0.3) is 0 Å². The van der Waals surface area contributed by atoms with E-state index in [9.17, 15) is 0 Å². The number of hydrogen-bond donors (Lipinski definition) is 0. The molecule has 0 spiro atoms. The zero-order chi connectivity index (χ0) is 51.7. The van der Waals surface area contributed by atoms with Crippen molar-refractivity contribution >= 4 is 35.7 Å². The summed E-state index contributed by atoms with van der Waals surface area (Å²) in [5.74, 6) is 1.85. The van der Waals surface area contributed by atoms with Crippen LogP contribution in [0.2, 0.25) is 0 Å². The van der Waals surface area contributed by atoms with Crippen LogP contribution in [-0.2, 0) is 0 Å². The lowest BCUT2D eigenvalue weighted by atomic mass is 9.87. The van der Waals surface area contributed by atoms with Gasteiger partial charge in [0, 0.05) is 22.4 Å². The standard InChI is InChI=1S/C71H58N4/c1-7-12-21-50-26-19-27-68(72-48(50)6)58-42-38-56(39-43-58)62-44-61(45-63(46-62)71-74-69(59-22-15-13-16-23-59)73-70(75-71)60-24-17-14-18-25-60)55-34-32-53(33-35-55)51-28-30-52(31-29-51)54-36-40-57(41-37-54)67-47-49(9-3)64(10-4)65(11-5)66(67)20-8-2/h7-11,13-18,20,22-47H,1,3-5,12,19,21H2,2,6H3/b20-8-. The summed E-state index contributed by atoms with van der Waals surface area (Å²) in [7, 11) is 0. The average molecular weight is 967 g/mol. The van der Waals surface area contributed by atoms with Crippen molar-refractivity contribution in [1.29, 1.82) is 0 Å². The van der Waals surface area contributed by atoms with Crippen LogP contribution >= 0.6 is 0 Å². The summed E-state index contributed by atoms with van der Waals surface area (Å²) in [4.78, 5) is 20.4. The van der Waals surface area contributed by atoms with Gasteiger partial charge in [0.05, 0.1) is 5.70 Å². The largest absolute Gasteiger partial charge is 0.253 e. The zero-order valence-corrected chi connectivity index (χ0v) is 42.7. The summed E-state index contributed by atoms with van der Waals surface area (Å²) in [5.41, 5.74) is 22.5. The Morgan fingerprint density at radius 1 is 0.427 bits per heavy atom. The van der Waals surface area contributed by atoms with Gasteiger partial charge >= 0.3 is 0 Å². The Morgan fingerprint density at radius 2 is 0.867 bits per heavy atom. The molecule has 0 atom stereocenters. The van der Waals surface area contributed by atoms with E-state index in [-0.39, 0.29) is 0 Å². The summed E-state index contributed by atoms with van der Waals surface area (Å²) in [6.45, 7) is 20.4. The fourth-order valence-electron chi connectivity index (χ4n) is 9.85. The molecular formula is C71H58N4. The van der Waals surface area contributed by atoms with Crippen molar-refractivity contribution in [1.82, 2.24) is 15.0 Å². The van der Waals surface area contributed by atoms with Crippen molar-refractivity contribution in [3.8, 4) is 89.8 Å². The number of aromatic nitrogens is 3. The van der Waals surface area contributed by atoms with Gasteiger partial charge in [0.2, 0.25) is 0 Å². The Labute approximate surface area is 442 Å². The molecule has 0 radical (unpaired) electrons. The Hall–Kier alpha value is -9.38. The molecule has 2 heterocycles. The van der Waals surface area contributed by atoms with Crippen LogP contribution in [0, 0.1) is 0 Å². The van der Waals surface area contributed by atoms with Crippen LogP contribution in [0.4, 0.5) is 0 Å². The highest BCUT2D eigenvalue weighted by Crippen LogP contribution is 2.38. The maximum Gasteiger partial charge on any atom is 0.164 e. The first kappa shape index (κ1) is 49.2. The molecule has 75 heavy (non-hydrogen) atoms. The van der Waals surface area contributed by atoms with Crippen LogP contribution in [0.1, 0.15) is 60.9 Å². The molecule has 9 aromatic rings. The average Bonchev–Trinajstić information content (AvgIpc) is 3.67. The van der Waals surface area contributed by atoms with Crippen LogP contribution in [0.5, 0.6) is 0 Å². The normalized spacial score (nSPS) is 12.3. The van der Waals surface area contributed by atoms with Gasteiger partial charge in [-0.15, -0.1) is 6.58 Å². The van der Waals surface area contributed by atoms with E-state index in [4.69, 9.17) is 19.9 Å². The Morgan fingerprint density at radius 3 is 1.32 bits per heavy atom. The molecule has 4 nitrogen and oxygen atoms in total. The first-order valence-corrected chi connectivity index (χ1v) is 25.6. The predicted octanol–water partition coefficient (Wildman–Crippen LogP) is 19.3. The molecule has 0 unspecified atom stereocenters. The Bertz CT molecular complexity index is 3650. The smallest absolute Gasteiger partial charge is 0.164 e. The molecule has 0 fully saturated rings.